The Hall–Kier alpha value is -0.0151. The van der Waals surface area contributed by atoms with E-state index in [4.69, 9.17) is 17.7 Å². The smallest absolute Gasteiger partial charge is 0.0732 e. The molecule has 0 saturated carbocycles. The molecule has 0 aliphatic carbocycles. The van der Waals surface area contributed by atoms with Crippen LogP contribution in [0.3, 0.4) is 0 Å². The van der Waals surface area contributed by atoms with Gasteiger partial charge in [-0.3, -0.25) is 0 Å². The summed E-state index contributed by atoms with van der Waals surface area (Å²) in [6.45, 7) is 1.24. The van der Waals surface area contributed by atoms with Crippen molar-refractivity contribution in [1.82, 2.24) is 0 Å². The average Bonchev–Trinajstić information content (AvgIpc) is 1.93. The second-order valence-corrected chi connectivity index (χ2v) is 2.51. The molecule has 2 nitrogen and oxygen atoms in total. The van der Waals surface area contributed by atoms with Crippen LogP contribution < -0.4 is 0 Å². The molecular formula is C6H11BO2. The molecule has 0 aromatic carbocycles. The van der Waals surface area contributed by atoms with Gasteiger partial charge >= 0.3 is 0 Å². The molecule has 1 aliphatic rings. The molecule has 1 aliphatic heterocycles. The van der Waals surface area contributed by atoms with Crippen molar-refractivity contribution in [2.75, 3.05) is 13.2 Å². The molecular weight excluding hydrogens is 115 g/mol. The van der Waals surface area contributed by atoms with Crippen LogP contribution in [-0.2, 0) is 4.74 Å². The average molecular weight is 126 g/mol. The highest BCUT2D eigenvalue weighted by molar-refractivity contribution is 6.11. The number of aliphatic hydroxyl groups excluding tert-OH is 1. The molecule has 0 amide bonds. The number of aliphatic hydroxyl groups is 1. The van der Waals surface area contributed by atoms with Crippen LogP contribution in [0.25, 0.3) is 0 Å². The van der Waals surface area contributed by atoms with Crippen LogP contribution in [0.4, 0.5) is 0 Å². The van der Waals surface area contributed by atoms with Gasteiger partial charge in [-0.15, -0.1) is 0 Å². The third-order valence-electron chi connectivity index (χ3n) is 1.50. The Kier molecular flexibility index (Phi) is 2.55. The fraction of sp³-hybridized carbons (Fsp3) is 1.00. The largest absolute Gasteiger partial charge is 0.393 e. The zero-order valence-electron chi connectivity index (χ0n) is 5.42. The normalized spacial score (nSPS) is 37.9. The standard InChI is InChI=1S/C6H11BO2/c7-5-3-6(8)1-2-9-4-5/h5-6,8H,1-4H2. The Morgan fingerprint density at radius 1 is 1.56 bits per heavy atom. The summed E-state index contributed by atoms with van der Waals surface area (Å²) < 4.78 is 5.09. The first-order valence-corrected chi connectivity index (χ1v) is 3.30. The first-order chi connectivity index (χ1) is 4.29. The second-order valence-electron chi connectivity index (χ2n) is 2.51. The fourth-order valence-corrected chi connectivity index (χ4v) is 0.989. The van der Waals surface area contributed by atoms with Crippen LogP contribution in [0.5, 0.6) is 0 Å². The van der Waals surface area contributed by atoms with E-state index in [2.05, 4.69) is 0 Å². The third kappa shape index (κ3) is 2.37. The molecule has 2 radical (unpaired) electrons. The van der Waals surface area contributed by atoms with E-state index in [0.29, 0.717) is 19.6 Å². The van der Waals surface area contributed by atoms with Crippen LogP contribution in [0.15, 0.2) is 0 Å². The van der Waals surface area contributed by atoms with Crippen molar-refractivity contribution >= 4 is 7.85 Å². The molecule has 0 bridgehead atoms. The van der Waals surface area contributed by atoms with Crippen molar-refractivity contribution in [3.05, 3.63) is 0 Å². The molecule has 1 fully saturated rings. The third-order valence-corrected chi connectivity index (χ3v) is 1.50. The Morgan fingerprint density at radius 2 is 2.33 bits per heavy atom. The maximum absolute atomic E-state index is 9.10. The molecule has 2 unspecified atom stereocenters. The Balaban J connectivity index is 2.29. The first kappa shape index (κ1) is 7.10. The van der Waals surface area contributed by atoms with Gasteiger partial charge in [-0.25, -0.2) is 0 Å². The van der Waals surface area contributed by atoms with Gasteiger partial charge in [0.15, 0.2) is 0 Å². The highest BCUT2D eigenvalue weighted by atomic mass is 16.5. The van der Waals surface area contributed by atoms with Gasteiger partial charge in [0.05, 0.1) is 14.0 Å². The molecule has 9 heavy (non-hydrogen) atoms. The fourth-order valence-electron chi connectivity index (χ4n) is 0.989. The maximum Gasteiger partial charge on any atom is 0.0732 e. The first-order valence-electron chi connectivity index (χ1n) is 3.30. The number of hydrogen-bond acceptors (Lipinski definition) is 2. The van der Waals surface area contributed by atoms with Gasteiger partial charge in [-0.05, 0) is 12.8 Å². The van der Waals surface area contributed by atoms with Crippen LogP contribution in [-0.4, -0.2) is 32.3 Å². The van der Waals surface area contributed by atoms with Gasteiger partial charge < -0.3 is 9.84 Å². The Morgan fingerprint density at radius 3 is 3.11 bits per heavy atom. The summed E-state index contributed by atoms with van der Waals surface area (Å²) in [6, 6.07) is 0. The highest BCUT2D eigenvalue weighted by Crippen LogP contribution is 2.15. The highest BCUT2D eigenvalue weighted by Gasteiger charge is 2.13. The zero-order valence-corrected chi connectivity index (χ0v) is 5.42. The quantitative estimate of drug-likeness (QED) is 0.467. The minimum absolute atomic E-state index is 0.0301. The monoisotopic (exact) mass is 126 g/mol. The number of rotatable bonds is 0. The van der Waals surface area contributed by atoms with E-state index in [0.717, 1.165) is 6.42 Å². The van der Waals surface area contributed by atoms with Crippen molar-refractivity contribution in [2.24, 2.45) is 0 Å². The Bertz CT molecular complexity index is 77.1. The van der Waals surface area contributed by atoms with E-state index in [1.165, 1.54) is 0 Å². The molecule has 0 aromatic rings. The predicted octanol–water partition coefficient (Wildman–Crippen LogP) is 0.115. The topological polar surface area (TPSA) is 29.5 Å². The van der Waals surface area contributed by atoms with Crippen molar-refractivity contribution < 1.29 is 9.84 Å². The lowest BCUT2D eigenvalue weighted by Gasteiger charge is -2.08. The lowest BCUT2D eigenvalue weighted by atomic mass is 9.83. The van der Waals surface area contributed by atoms with E-state index < -0.39 is 0 Å². The summed E-state index contributed by atoms with van der Waals surface area (Å²) in [5, 5.41) is 9.10. The van der Waals surface area contributed by atoms with Gasteiger partial charge in [-0.2, -0.15) is 0 Å². The summed E-state index contributed by atoms with van der Waals surface area (Å²) in [5.41, 5.74) is 0. The molecule has 2 atom stereocenters. The summed E-state index contributed by atoms with van der Waals surface area (Å²) in [4.78, 5) is 0. The van der Waals surface area contributed by atoms with Gasteiger partial charge in [-0.1, -0.05) is 5.82 Å². The number of hydrogen-bond donors (Lipinski definition) is 1. The van der Waals surface area contributed by atoms with Crippen LogP contribution in [0.1, 0.15) is 12.8 Å². The molecule has 1 saturated heterocycles. The van der Waals surface area contributed by atoms with E-state index in [1.807, 2.05) is 0 Å². The lowest BCUT2D eigenvalue weighted by molar-refractivity contribution is 0.118. The summed E-state index contributed by atoms with van der Waals surface area (Å²) in [5.74, 6) is 0.0301. The molecule has 3 heteroatoms. The van der Waals surface area contributed by atoms with E-state index in [1.54, 1.807) is 0 Å². The molecule has 0 aromatic heterocycles. The Labute approximate surface area is 56.6 Å². The summed E-state index contributed by atoms with van der Waals surface area (Å²) in [6.07, 6.45) is 1.16. The van der Waals surface area contributed by atoms with Crippen LogP contribution in [0.2, 0.25) is 5.82 Å². The SMILES string of the molecule is [B]C1COCCC(O)C1. The predicted molar refractivity (Wildman–Crippen MR) is 35.6 cm³/mol. The maximum atomic E-state index is 9.10. The number of ether oxygens (including phenoxy) is 1. The minimum Gasteiger partial charge on any atom is -0.393 e. The molecule has 0 spiro atoms. The van der Waals surface area contributed by atoms with Crippen LogP contribution >= 0.6 is 0 Å². The van der Waals surface area contributed by atoms with Gasteiger partial charge in [0, 0.05) is 13.2 Å². The second kappa shape index (κ2) is 3.23. The zero-order chi connectivity index (χ0) is 6.69. The van der Waals surface area contributed by atoms with Crippen molar-refractivity contribution in [2.45, 2.75) is 24.8 Å². The lowest BCUT2D eigenvalue weighted by Crippen LogP contribution is -2.08. The van der Waals surface area contributed by atoms with Crippen molar-refractivity contribution in [1.29, 1.82) is 0 Å². The molecule has 50 valence electrons. The minimum atomic E-state index is -0.248. The molecule has 1 rings (SSSR count). The molecule has 1 N–H and O–H groups in total. The van der Waals surface area contributed by atoms with E-state index >= 15 is 0 Å². The van der Waals surface area contributed by atoms with Gasteiger partial charge in [0.25, 0.3) is 0 Å². The van der Waals surface area contributed by atoms with Crippen molar-refractivity contribution in [3.8, 4) is 0 Å². The van der Waals surface area contributed by atoms with Crippen LogP contribution in [0, 0.1) is 0 Å². The summed E-state index contributed by atoms with van der Waals surface area (Å²) >= 11 is 0. The molecule has 1 heterocycles. The van der Waals surface area contributed by atoms with E-state index in [-0.39, 0.29) is 11.9 Å². The van der Waals surface area contributed by atoms with Crippen molar-refractivity contribution in [3.63, 3.8) is 0 Å². The van der Waals surface area contributed by atoms with Gasteiger partial charge in [0.1, 0.15) is 0 Å². The van der Waals surface area contributed by atoms with Gasteiger partial charge in [0.2, 0.25) is 0 Å². The van der Waals surface area contributed by atoms with E-state index in [9.17, 15) is 0 Å². The summed E-state index contributed by atoms with van der Waals surface area (Å²) in [7, 11) is 5.54.